The van der Waals surface area contributed by atoms with Crippen molar-refractivity contribution in [2.75, 3.05) is 10.6 Å². The van der Waals surface area contributed by atoms with Gasteiger partial charge in [0.05, 0.1) is 5.69 Å². The normalized spacial score (nSPS) is 10.5. The van der Waals surface area contributed by atoms with Crippen LogP contribution in [0.15, 0.2) is 87.8 Å². The van der Waals surface area contributed by atoms with E-state index in [1.165, 1.54) is 0 Å². The van der Waals surface area contributed by atoms with Crippen LogP contribution in [0.3, 0.4) is 0 Å². The van der Waals surface area contributed by atoms with Gasteiger partial charge in [-0.3, -0.25) is 0 Å². The lowest BCUT2D eigenvalue weighted by Gasteiger charge is -2.09. The zero-order valence-electron chi connectivity index (χ0n) is 14.6. The van der Waals surface area contributed by atoms with Crippen LogP contribution in [0.1, 0.15) is 0 Å². The van der Waals surface area contributed by atoms with Crippen molar-refractivity contribution in [3.8, 4) is 22.9 Å². The fourth-order valence-corrected chi connectivity index (χ4v) is 3.00. The third-order valence-electron chi connectivity index (χ3n) is 3.94. The third kappa shape index (κ3) is 4.10. The largest absolute Gasteiger partial charge is 0.416 e. The molecule has 0 aliphatic carbocycles. The quantitative estimate of drug-likeness (QED) is 0.424. The molecule has 0 unspecified atom stereocenters. The van der Waals surface area contributed by atoms with Crippen molar-refractivity contribution in [1.82, 2.24) is 10.2 Å². The van der Waals surface area contributed by atoms with Gasteiger partial charge in [-0.2, -0.15) is 0 Å². The second-order valence-electron chi connectivity index (χ2n) is 5.92. The van der Waals surface area contributed by atoms with E-state index in [4.69, 9.17) is 4.42 Å². The first-order valence-corrected chi connectivity index (χ1v) is 9.30. The van der Waals surface area contributed by atoms with Gasteiger partial charge >= 0.3 is 6.03 Å². The molecule has 0 spiro atoms. The van der Waals surface area contributed by atoms with Gasteiger partial charge in [0.15, 0.2) is 0 Å². The zero-order valence-corrected chi connectivity index (χ0v) is 16.2. The number of anilines is 2. The second-order valence-corrected chi connectivity index (χ2v) is 6.77. The van der Waals surface area contributed by atoms with Crippen molar-refractivity contribution < 1.29 is 9.21 Å². The number of rotatable bonds is 4. The van der Waals surface area contributed by atoms with Gasteiger partial charge in [-0.25, -0.2) is 4.79 Å². The molecule has 4 aromatic rings. The van der Waals surface area contributed by atoms with Crippen molar-refractivity contribution >= 4 is 33.3 Å². The average Bonchev–Trinajstić information content (AvgIpc) is 3.21. The lowest BCUT2D eigenvalue weighted by molar-refractivity contribution is 0.262. The number of hydrogen-bond acceptors (Lipinski definition) is 4. The van der Waals surface area contributed by atoms with Crippen molar-refractivity contribution in [3.05, 3.63) is 83.3 Å². The van der Waals surface area contributed by atoms with Crippen molar-refractivity contribution in [2.45, 2.75) is 0 Å². The summed E-state index contributed by atoms with van der Waals surface area (Å²) in [6, 6.07) is 23.8. The summed E-state index contributed by atoms with van der Waals surface area (Å²) in [5, 5.41) is 13.8. The molecule has 2 N–H and O–H groups in total. The lowest BCUT2D eigenvalue weighted by atomic mass is 10.2. The molecule has 0 aliphatic heterocycles. The number of nitrogens with zero attached hydrogens (tertiary/aromatic N) is 2. The molecule has 0 saturated carbocycles. The zero-order chi connectivity index (χ0) is 19.3. The van der Waals surface area contributed by atoms with Crippen LogP contribution < -0.4 is 10.6 Å². The molecule has 0 radical (unpaired) electrons. The Hall–Kier alpha value is -3.45. The average molecular weight is 435 g/mol. The van der Waals surface area contributed by atoms with Gasteiger partial charge in [-0.1, -0.05) is 36.4 Å². The number of carbonyl (C=O) groups excluding carboxylic acids is 1. The molecule has 0 saturated heterocycles. The smallest absolute Gasteiger partial charge is 0.323 e. The third-order valence-corrected chi connectivity index (χ3v) is 4.63. The van der Waals surface area contributed by atoms with E-state index in [0.29, 0.717) is 28.7 Å². The topological polar surface area (TPSA) is 80.1 Å². The highest BCUT2D eigenvalue weighted by atomic mass is 79.9. The number of benzene rings is 3. The summed E-state index contributed by atoms with van der Waals surface area (Å²) in [4.78, 5) is 12.3. The maximum atomic E-state index is 12.3. The first-order chi connectivity index (χ1) is 13.7. The molecule has 0 bridgehead atoms. The number of urea groups is 1. The Morgan fingerprint density at radius 2 is 1.46 bits per heavy atom. The molecule has 1 aromatic heterocycles. The Bertz CT molecular complexity index is 1110. The second kappa shape index (κ2) is 8.06. The van der Waals surface area contributed by atoms with Gasteiger partial charge in [0, 0.05) is 21.3 Å². The molecule has 6 nitrogen and oxygen atoms in total. The summed E-state index contributed by atoms with van der Waals surface area (Å²) in [6.07, 6.45) is 0. The van der Waals surface area contributed by atoms with Crippen LogP contribution in [0.5, 0.6) is 0 Å². The van der Waals surface area contributed by atoms with E-state index in [2.05, 4.69) is 36.8 Å². The predicted molar refractivity (Wildman–Crippen MR) is 112 cm³/mol. The minimum absolute atomic E-state index is 0.348. The van der Waals surface area contributed by atoms with Gasteiger partial charge in [0.1, 0.15) is 0 Å². The summed E-state index contributed by atoms with van der Waals surface area (Å²) >= 11 is 3.40. The highest BCUT2D eigenvalue weighted by Gasteiger charge is 2.11. The van der Waals surface area contributed by atoms with Crippen LogP contribution in [0.4, 0.5) is 16.2 Å². The monoisotopic (exact) mass is 434 g/mol. The van der Waals surface area contributed by atoms with E-state index in [0.717, 1.165) is 10.0 Å². The Balaban J connectivity index is 1.50. The van der Waals surface area contributed by atoms with E-state index in [1.807, 2.05) is 66.7 Å². The molecule has 138 valence electrons. The van der Waals surface area contributed by atoms with Gasteiger partial charge in [0.25, 0.3) is 0 Å². The van der Waals surface area contributed by atoms with Crippen molar-refractivity contribution in [2.24, 2.45) is 0 Å². The molecule has 0 fully saturated rings. The number of aromatic nitrogens is 2. The molecule has 2 amide bonds. The number of nitrogens with one attached hydrogen (secondary N) is 2. The molecule has 1 heterocycles. The SMILES string of the molecule is O=C(Nc1cccc(-c2nnc(-c3ccccc3)o2)c1)Nc1ccccc1Br. The molecule has 4 rings (SSSR count). The highest BCUT2D eigenvalue weighted by molar-refractivity contribution is 9.10. The van der Waals surface area contributed by atoms with Gasteiger partial charge < -0.3 is 15.1 Å². The molecule has 0 aliphatic rings. The molecular weight excluding hydrogens is 420 g/mol. The van der Waals surface area contributed by atoms with E-state index >= 15 is 0 Å². The lowest BCUT2D eigenvalue weighted by Crippen LogP contribution is -2.19. The van der Waals surface area contributed by atoms with E-state index in [9.17, 15) is 4.79 Å². The van der Waals surface area contributed by atoms with Crippen molar-refractivity contribution in [3.63, 3.8) is 0 Å². The number of hydrogen-bond donors (Lipinski definition) is 2. The van der Waals surface area contributed by atoms with Gasteiger partial charge in [-0.15, -0.1) is 10.2 Å². The van der Waals surface area contributed by atoms with Crippen LogP contribution in [0.2, 0.25) is 0 Å². The number of halogens is 1. The number of amides is 2. The molecular formula is C21H15BrN4O2. The van der Waals surface area contributed by atoms with Crippen molar-refractivity contribution in [1.29, 1.82) is 0 Å². The Kier molecular flexibility index (Phi) is 5.16. The summed E-state index contributed by atoms with van der Waals surface area (Å²) in [6.45, 7) is 0. The number of para-hydroxylation sites is 1. The predicted octanol–water partition coefficient (Wildman–Crippen LogP) is 5.81. The Labute approximate surface area is 169 Å². The van der Waals surface area contributed by atoms with E-state index in [1.54, 1.807) is 12.1 Å². The van der Waals surface area contributed by atoms with Crippen LogP contribution in [0, 0.1) is 0 Å². The van der Waals surface area contributed by atoms with Crippen LogP contribution in [-0.4, -0.2) is 16.2 Å². The Morgan fingerprint density at radius 3 is 2.25 bits per heavy atom. The van der Waals surface area contributed by atoms with Crippen LogP contribution in [-0.2, 0) is 0 Å². The molecule has 7 heteroatoms. The first-order valence-electron chi connectivity index (χ1n) is 8.51. The maximum Gasteiger partial charge on any atom is 0.323 e. The van der Waals surface area contributed by atoms with Gasteiger partial charge in [-0.05, 0) is 58.4 Å². The summed E-state index contributed by atoms with van der Waals surface area (Å²) in [5.74, 6) is 0.828. The van der Waals surface area contributed by atoms with Crippen LogP contribution >= 0.6 is 15.9 Å². The number of carbonyl (C=O) groups is 1. The summed E-state index contributed by atoms with van der Waals surface area (Å²) in [7, 11) is 0. The maximum absolute atomic E-state index is 12.3. The summed E-state index contributed by atoms with van der Waals surface area (Å²) in [5.41, 5.74) is 2.86. The molecule has 0 atom stereocenters. The van der Waals surface area contributed by atoms with Crippen LogP contribution in [0.25, 0.3) is 22.9 Å². The fourth-order valence-electron chi connectivity index (χ4n) is 2.61. The van der Waals surface area contributed by atoms with E-state index in [-0.39, 0.29) is 6.03 Å². The minimum Gasteiger partial charge on any atom is -0.416 e. The summed E-state index contributed by atoms with van der Waals surface area (Å²) < 4.78 is 6.57. The van der Waals surface area contributed by atoms with Gasteiger partial charge in [0.2, 0.25) is 11.8 Å². The Morgan fingerprint density at radius 1 is 0.786 bits per heavy atom. The minimum atomic E-state index is -0.348. The molecule has 28 heavy (non-hydrogen) atoms. The highest BCUT2D eigenvalue weighted by Crippen LogP contribution is 2.26. The standard InChI is InChI=1S/C21H15BrN4O2/c22-17-11-4-5-12-18(17)24-21(27)23-16-10-6-9-15(13-16)20-26-25-19(28-20)14-7-2-1-3-8-14/h1-13H,(H2,23,24,27). The fraction of sp³-hybridized carbons (Fsp3) is 0. The molecule has 3 aromatic carbocycles. The van der Waals surface area contributed by atoms with E-state index < -0.39 is 0 Å². The first kappa shape index (κ1) is 17.9.